The van der Waals surface area contributed by atoms with E-state index in [0.29, 0.717) is 0 Å². The van der Waals surface area contributed by atoms with Gasteiger partial charge >= 0.3 is 6.03 Å². The van der Waals surface area contributed by atoms with Gasteiger partial charge in [0.05, 0.1) is 23.6 Å². The van der Waals surface area contributed by atoms with Crippen LogP contribution < -0.4 is 10.2 Å². The average Bonchev–Trinajstić information content (AvgIpc) is 2.68. The zero-order valence-corrected chi connectivity index (χ0v) is 10.8. The zero-order chi connectivity index (χ0) is 12.9. The predicted octanol–water partition coefficient (Wildman–Crippen LogP) is 0.690. The highest BCUT2D eigenvalue weighted by atomic mass is 32.2. The van der Waals surface area contributed by atoms with Crippen molar-refractivity contribution in [2.24, 2.45) is 0 Å². The molecule has 0 bridgehead atoms. The van der Waals surface area contributed by atoms with Gasteiger partial charge in [-0.1, -0.05) is 12.1 Å². The van der Waals surface area contributed by atoms with Gasteiger partial charge in [-0.3, -0.25) is 4.90 Å². The number of nitrogens with zero attached hydrogens (tertiary/aromatic N) is 1. The molecular weight excluding hydrogens is 252 g/mol. The minimum atomic E-state index is -3.04. The first-order chi connectivity index (χ1) is 8.46. The van der Waals surface area contributed by atoms with E-state index >= 15 is 0 Å². The maximum atomic E-state index is 11.9. The lowest BCUT2D eigenvalue weighted by molar-refractivity contribution is 0.251. The number of sulfone groups is 1. The van der Waals surface area contributed by atoms with E-state index in [1.807, 2.05) is 31.2 Å². The van der Waals surface area contributed by atoms with Gasteiger partial charge in [0.25, 0.3) is 0 Å². The van der Waals surface area contributed by atoms with E-state index in [1.54, 1.807) is 4.90 Å². The molecule has 0 unspecified atom stereocenters. The van der Waals surface area contributed by atoms with Crippen LogP contribution in [0.2, 0.25) is 0 Å². The fourth-order valence-electron chi connectivity index (χ4n) is 2.69. The zero-order valence-electron chi connectivity index (χ0n) is 9.96. The van der Waals surface area contributed by atoms with Crippen molar-refractivity contribution in [3.05, 3.63) is 29.8 Å². The van der Waals surface area contributed by atoms with Crippen LogP contribution in [0, 0.1) is 6.92 Å². The third kappa shape index (κ3) is 1.77. The van der Waals surface area contributed by atoms with Crippen molar-refractivity contribution >= 4 is 21.6 Å². The number of nitrogens with one attached hydrogen (secondary N) is 1. The molecular formula is C12H14N2O3S. The van der Waals surface area contributed by atoms with Crippen LogP contribution in [0.1, 0.15) is 5.56 Å². The van der Waals surface area contributed by atoms with Gasteiger partial charge in [-0.25, -0.2) is 13.2 Å². The molecule has 2 amide bonds. The molecule has 3 rings (SSSR count). The Morgan fingerprint density at radius 2 is 2.11 bits per heavy atom. The van der Waals surface area contributed by atoms with Crippen LogP contribution in [-0.4, -0.2) is 38.0 Å². The molecule has 1 aromatic carbocycles. The van der Waals surface area contributed by atoms with Crippen molar-refractivity contribution in [2.75, 3.05) is 16.4 Å². The van der Waals surface area contributed by atoms with Gasteiger partial charge in [0.1, 0.15) is 0 Å². The van der Waals surface area contributed by atoms with Gasteiger partial charge in [-0.05, 0) is 24.6 Å². The third-order valence-electron chi connectivity index (χ3n) is 3.46. The second-order valence-electron chi connectivity index (χ2n) is 4.91. The maximum absolute atomic E-state index is 11.9. The fourth-order valence-corrected chi connectivity index (χ4v) is 4.58. The van der Waals surface area contributed by atoms with E-state index < -0.39 is 9.84 Å². The van der Waals surface area contributed by atoms with E-state index in [1.165, 1.54) is 0 Å². The van der Waals surface area contributed by atoms with Gasteiger partial charge in [0.15, 0.2) is 9.84 Å². The lowest BCUT2D eigenvalue weighted by Gasteiger charge is -2.21. The van der Waals surface area contributed by atoms with E-state index in [4.69, 9.17) is 0 Å². The molecule has 6 heteroatoms. The highest BCUT2D eigenvalue weighted by Gasteiger charge is 2.49. The Labute approximate surface area is 106 Å². The summed E-state index contributed by atoms with van der Waals surface area (Å²) in [6.07, 6.45) is 0. The number of hydrogen-bond donors (Lipinski definition) is 1. The Kier molecular flexibility index (Phi) is 2.38. The lowest BCUT2D eigenvalue weighted by Crippen LogP contribution is -2.36. The number of fused-ring (bicyclic) bond motifs is 1. The predicted molar refractivity (Wildman–Crippen MR) is 68.4 cm³/mol. The fraction of sp³-hybridized carbons (Fsp3) is 0.417. The number of amides is 2. The molecule has 2 heterocycles. The number of benzene rings is 1. The summed E-state index contributed by atoms with van der Waals surface area (Å²) >= 11 is 0. The SMILES string of the molecule is Cc1cccc(N2C(=O)N[C@H]3CS(=O)(=O)C[C@@H]32)c1. The van der Waals surface area contributed by atoms with Crippen LogP contribution in [0.25, 0.3) is 0 Å². The van der Waals surface area contributed by atoms with E-state index in [0.717, 1.165) is 11.3 Å². The summed E-state index contributed by atoms with van der Waals surface area (Å²) in [7, 11) is -3.04. The number of rotatable bonds is 1. The highest BCUT2D eigenvalue weighted by Crippen LogP contribution is 2.29. The molecule has 0 saturated carbocycles. The molecule has 18 heavy (non-hydrogen) atoms. The van der Waals surface area contributed by atoms with E-state index in [9.17, 15) is 13.2 Å². The quantitative estimate of drug-likeness (QED) is 0.761. The first-order valence-electron chi connectivity index (χ1n) is 5.83. The molecule has 2 saturated heterocycles. The monoisotopic (exact) mass is 266 g/mol. The molecule has 1 N–H and O–H groups in total. The molecule has 0 aliphatic carbocycles. The molecule has 96 valence electrons. The van der Waals surface area contributed by atoms with Crippen LogP contribution in [0.15, 0.2) is 24.3 Å². The smallest absolute Gasteiger partial charge is 0.322 e. The number of anilines is 1. The minimum Gasteiger partial charge on any atom is -0.332 e. The Morgan fingerprint density at radius 3 is 2.83 bits per heavy atom. The van der Waals surface area contributed by atoms with Crippen LogP contribution >= 0.6 is 0 Å². The summed E-state index contributed by atoms with van der Waals surface area (Å²) in [5.41, 5.74) is 1.81. The van der Waals surface area contributed by atoms with Crippen molar-refractivity contribution in [3.8, 4) is 0 Å². The van der Waals surface area contributed by atoms with Gasteiger partial charge in [0.2, 0.25) is 0 Å². The largest absolute Gasteiger partial charge is 0.332 e. The third-order valence-corrected chi connectivity index (χ3v) is 5.18. The van der Waals surface area contributed by atoms with Crippen molar-refractivity contribution in [1.82, 2.24) is 5.32 Å². The molecule has 2 atom stereocenters. The number of hydrogen-bond acceptors (Lipinski definition) is 3. The van der Waals surface area contributed by atoms with Gasteiger partial charge in [-0.2, -0.15) is 0 Å². The van der Waals surface area contributed by atoms with Gasteiger partial charge in [-0.15, -0.1) is 0 Å². The summed E-state index contributed by atoms with van der Waals surface area (Å²) in [6, 6.07) is 6.79. The summed E-state index contributed by atoms with van der Waals surface area (Å²) in [5, 5.41) is 2.75. The normalized spacial score (nSPS) is 29.2. The van der Waals surface area contributed by atoms with Crippen molar-refractivity contribution < 1.29 is 13.2 Å². The summed E-state index contributed by atoms with van der Waals surface area (Å²) in [6.45, 7) is 1.94. The Morgan fingerprint density at radius 1 is 1.33 bits per heavy atom. The minimum absolute atomic E-state index is 0.0460. The highest BCUT2D eigenvalue weighted by molar-refractivity contribution is 7.91. The van der Waals surface area contributed by atoms with Crippen LogP contribution in [0.4, 0.5) is 10.5 Å². The summed E-state index contributed by atoms with van der Waals surface area (Å²) in [5.74, 6) is 0.0933. The first kappa shape index (κ1) is 11.5. The van der Waals surface area contributed by atoms with E-state index in [-0.39, 0.29) is 29.6 Å². The van der Waals surface area contributed by atoms with Crippen molar-refractivity contribution in [2.45, 2.75) is 19.0 Å². The number of urea groups is 1. The topological polar surface area (TPSA) is 66.5 Å². The molecule has 0 aromatic heterocycles. The summed E-state index contributed by atoms with van der Waals surface area (Å²) in [4.78, 5) is 13.5. The van der Waals surface area contributed by atoms with Gasteiger partial charge in [0, 0.05) is 5.69 Å². The second-order valence-corrected chi connectivity index (χ2v) is 7.06. The summed E-state index contributed by atoms with van der Waals surface area (Å²) < 4.78 is 23.2. The van der Waals surface area contributed by atoms with Crippen molar-refractivity contribution in [3.63, 3.8) is 0 Å². The molecule has 1 aromatic rings. The Bertz CT molecular complexity index is 612. The molecule has 2 fully saturated rings. The lowest BCUT2D eigenvalue weighted by atomic mass is 10.1. The molecule has 5 nitrogen and oxygen atoms in total. The average molecular weight is 266 g/mol. The Hall–Kier alpha value is -1.56. The van der Waals surface area contributed by atoms with Crippen LogP contribution in [0.3, 0.4) is 0 Å². The van der Waals surface area contributed by atoms with Crippen molar-refractivity contribution in [1.29, 1.82) is 0 Å². The number of carbonyl (C=O) groups excluding carboxylic acids is 1. The first-order valence-corrected chi connectivity index (χ1v) is 7.65. The van der Waals surface area contributed by atoms with Crippen LogP contribution in [-0.2, 0) is 9.84 Å². The maximum Gasteiger partial charge on any atom is 0.322 e. The molecule has 2 aliphatic heterocycles. The molecule has 2 aliphatic rings. The standard InChI is InChI=1S/C12H14N2O3S/c1-8-3-2-4-9(5-8)14-11-7-18(16,17)6-10(11)13-12(14)15/h2-5,10-11H,6-7H2,1H3,(H,13,15)/t10-,11-/m0/s1. The molecule has 0 radical (unpaired) electrons. The second kappa shape index (κ2) is 3.71. The molecule has 0 spiro atoms. The Balaban J connectivity index is 1.99. The van der Waals surface area contributed by atoms with Gasteiger partial charge < -0.3 is 5.32 Å². The van der Waals surface area contributed by atoms with E-state index in [2.05, 4.69) is 5.32 Å². The number of aryl methyl sites for hydroxylation is 1. The van der Waals surface area contributed by atoms with Crippen LogP contribution in [0.5, 0.6) is 0 Å². The number of carbonyl (C=O) groups is 1.